The van der Waals surface area contributed by atoms with Crippen molar-refractivity contribution in [1.82, 2.24) is 9.78 Å². The Balaban J connectivity index is 2.75. The number of nitrogens with one attached hydrogen (secondary N) is 1. The Morgan fingerprint density at radius 2 is 2.38 bits per heavy atom. The number of anilines is 1. The molecule has 0 unspecified atom stereocenters. The summed E-state index contributed by atoms with van der Waals surface area (Å²) in [6.07, 6.45) is 3.12. The largest absolute Gasteiger partial charge is 0.280 e. The Morgan fingerprint density at radius 1 is 1.69 bits per heavy atom. The predicted molar refractivity (Wildman–Crippen MR) is 54.2 cm³/mol. The van der Waals surface area contributed by atoms with Crippen LogP contribution in [0.15, 0.2) is 12.4 Å². The zero-order valence-electron chi connectivity index (χ0n) is 7.07. The van der Waals surface area contributed by atoms with Gasteiger partial charge in [-0.3, -0.25) is 9.40 Å². The highest BCUT2D eigenvalue weighted by Gasteiger charge is 2.08. The van der Waals surface area contributed by atoms with Crippen LogP contribution in [-0.2, 0) is 16.6 Å². The molecule has 0 aromatic carbocycles. The molecule has 0 saturated heterocycles. The van der Waals surface area contributed by atoms with Crippen LogP contribution in [0.1, 0.15) is 6.92 Å². The molecule has 13 heavy (non-hydrogen) atoms. The third-order valence-corrected chi connectivity index (χ3v) is 4.02. The van der Waals surface area contributed by atoms with Crippen molar-refractivity contribution in [3.63, 3.8) is 0 Å². The van der Waals surface area contributed by atoms with Gasteiger partial charge in [-0.1, -0.05) is 15.9 Å². The van der Waals surface area contributed by atoms with Gasteiger partial charge in [0.25, 0.3) is 0 Å². The normalized spacial score (nSPS) is 11.5. The lowest BCUT2D eigenvalue weighted by Gasteiger charge is -2.00. The standard InChI is InChI=1S/C6H10BrN3O2S/c1-2-10-4-6(3-8-10)9-13(11,12)5-7/h3-4,9H,2,5H2,1H3. The molecular weight excluding hydrogens is 258 g/mol. The number of rotatable bonds is 4. The van der Waals surface area contributed by atoms with Gasteiger partial charge in [-0.15, -0.1) is 0 Å². The minimum Gasteiger partial charge on any atom is -0.280 e. The van der Waals surface area contributed by atoms with Crippen molar-refractivity contribution in [1.29, 1.82) is 0 Å². The monoisotopic (exact) mass is 267 g/mol. The Morgan fingerprint density at radius 3 is 2.85 bits per heavy atom. The van der Waals surface area contributed by atoms with Gasteiger partial charge in [-0.25, -0.2) is 8.42 Å². The molecule has 1 aromatic heterocycles. The van der Waals surface area contributed by atoms with Crippen LogP contribution < -0.4 is 4.72 Å². The molecule has 0 bridgehead atoms. The summed E-state index contributed by atoms with van der Waals surface area (Å²) in [6.45, 7) is 2.64. The van der Waals surface area contributed by atoms with Gasteiger partial charge in [0.15, 0.2) is 0 Å². The molecule has 74 valence electrons. The average molecular weight is 268 g/mol. The van der Waals surface area contributed by atoms with Gasteiger partial charge in [-0.2, -0.15) is 5.10 Å². The fraction of sp³-hybridized carbons (Fsp3) is 0.500. The molecule has 0 aliphatic heterocycles. The maximum Gasteiger partial charge on any atom is 0.242 e. The zero-order valence-corrected chi connectivity index (χ0v) is 9.47. The van der Waals surface area contributed by atoms with Gasteiger partial charge in [0.1, 0.15) is 4.66 Å². The van der Waals surface area contributed by atoms with Crippen LogP contribution in [0.5, 0.6) is 0 Å². The second-order valence-corrected chi connectivity index (χ2v) is 5.44. The molecule has 1 heterocycles. The van der Waals surface area contributed by atoms with E-state index < -0.39 is 10.0 Å². The molecule has 0 aliphatic carbocycles. The topological polar surface area (TPSA) is 64.0 Å². The van der Waals surface area contributed by atoms with Crippen molar-refractivity contribution in [2.24, 2.45) is 0 Å². The molecule has 0 spiro atoms. The minimum atomic E-state index is -3.25. The molecule has 0 saturated carbocycles. The van der Waals surface area contributed by atoms with Gasteiger partial charge < -0.3 is 0 Å². The highest BCUT2D eigenvalue weighted by molar-refractivity contribution is 9.10. The van der Waals surface area contributed by atoms with Crippen molar-refractivity contribution < 1.29 is 8.42 Å². The van der Waals surface area contributed by atoms with Gasteiger partial charge in [-0.05, 0) is 6.92 Å². The summed E-state index contributed by atoms with van der Waals surface area (Å²) in [4.78, 5) is 0. The molecule has 1 N–H and O–H groups in total. The highest BCUT2D eigenvalue weighted by atomic mass is 79.9. The van der Waals surface area contributed by atoms with Gasteiger partial charge in [0.2, 0.25) is 10.0 Å². The number of halogens is 1. The van der Waals surface area contributed by atoms with Crippen molar-refractivity contribution in [3.8, 4) is 0 Å². The quantitative estimate of drug-likeness (QED) is 0.828. The number of aromatic nitrogens is 2. The molecule has 1 rings (SSSR count). The molecule has 7 heteroatoms. The van der Waals surface area contributed by atoms with E-state index in [-0.39, 0.29) is 4.66 Å². The van der Waals surface area contributed by atoms with E-state index in [1.165, 1.54) is 6.20 Å². The lowest BCUT2D eigenvalue weighted by atomic mass is 10.6. The van der Waals surface area contributed by atoms with Crippen LogP contribution in [-0.4, -0.2) is 22.9 Å². The first kappa shape index (κ1) is 10.5. The summed E-state index contributed by atoms with van der Waals surface area (Å²) < 4.78 is 26.0. The lowest BCUT2D eigenvalue weighted by molar-refractivity contribution is 0.606. The van der Waals surface area contributed by atoms with E-state index in [9.17, 15) is 8.42 Å². The van der Waals surface area contributed by atoms with E-state index in [0.717, 1.165) is 6.54 Å². The van der Waals surface area contributed by atoms with Crippen molar-refractivity contribution in [3.05, 3.63) is 12.4 Å². The minimum absolute atomic E-state index is 0.114. The van der Waals surface area contributed by atoms with E-state index in [1.807, 2.05) is 6.92 Å². The number of hydrogen-bond acceptors (Lipinski definition) is 3. The van der Waals surface area contributed by atoms with E-state index in [4.69, 9.17) is 0 Å². The van der Waals surface area contributed by atoms with E-state index in [0.29, 0.717) is 5.69 Å². The van der Waals surface area contributed by atoms with Crippen LogP contribution in [0.4, 0.5) is 5.69 Å². The predicted octanol–water partition coefficient (Wildman–Crippen LogP) is 0.997. The van der Waals surface area contributed by atoms with Gasteiger partial charge in [0.05, 0.1) is 11.9 Å². The Labute approximate surface area is 85.3 Å². The number of nitrogens with zero attached hydrogens (tertiary/aromatic N) is 2. The maximum atomic E-state index is 11.1. The summed E-state index contributed by atoms with van der Waals surface area (Å²) in [5.41, 5.74) is 0.487. The molecule has 0 fully saturated rings. The zero-order chi connectivity index (χ0) is 9.90. The third-order valence-electron chi connectivity index (χ3n) is 1.37. The lowest BCUT2D eigenvalue weighted by Crippen LogP contribution is -2.12. The van der Waals surface area contributed by atoms with E-state index in [2.05, 4.69) is 25.8 Å². The fourth-order valence-corrected chi connectivity index (χ4v) is 1.66. The van der Waals surface area contributed by atoms with Crippen LogP contribution >= 0.6 is 15.9 Å². The van der Waals surface area contributed by atoms with Gasteiger partial charge >= 0.3 is 0 Å². The number of sulfonamides is 1. The molecule has 5 nitrogen and oxygen atoms in total. The third kappa shape index (κ3) is 3.00. The Kier molecular flexibility index (Phi) is 3.32. The SMILES string of the molecule is CCn1cc(NS(=O)(=O)CBr)cn1. The fourth-order valence-electron chi connectivity index (χ4n) is 0.796. The first-order chi connectivity index (χ1) is 6.07. The van der Waals surface area contributed by atoms with E-state index in [1.54, 1.807) is 10.9 Å². The highest BCUT2D eigenvalue weighted by Crippen LogP contribution is 2.08. The summed E-state index contributed by atoms with van der Waals surface area (Å²) in [5.74, 6) is 0. The smallest absolute Gasteiger partial charge is 0.242 e. The maximum absolute atomic E-state index is 11.1. The van der Waals surface area contributed by atoms with Crippen LogP contribution in [0, 0.1) is 0 Å². The molecule has 0 amide bonds. The summed E-state index contributed by atoms with van der Waals surface area (Å²) in [7, 11) is -3.25. The molecule has 0 atom stereocenters. The van der Waals surface area contributed by atoms with Gasteiger partial charge in [0, 0.05) is 12.7 Å². The summed E-state index contributed by atoms with van der Waals surface area (Å²) >= 11 is 2.87. The second kappa shape index (κ2) is 4.10. The summed E-state index contributed by atoms with van der Waals surface area (Å²) in [6, 6.07) is 0. The Hall–Kier alpha value is -0.560. The summed E-state index contributed by atoms with van der Waals surface area (Å²) in [5, 5.41) is 3.93. The van der Waals surface area contributed by atoms with Crippen LogP contribution in [0.3, 0.4) is 0 Å². The molecule has 0 aliphatic rings. The first-order valence-corrected chi connectivity index (χ1v) is 6.43. The van der Waals surface area contributed by atoms with Crippen molar-refractivity contribution in [2.45, 2.75) is 13.5 Å². The average Bonchev–Trinajstić information content (AvgIpc) is 2.52. The first-order valence-electron chi connectivity index (χ1n) is 3.66. The molecule has 1 aromatic rings. The number of alkyl halides is 1. The van der Waals surface area contributed by atoms with Crippen LogP contribution in [0.25, 0.3) is 0 Å². The second-order valence-electron chi connectivity index (χ2n) is 2.41. The number of aryl methyl sites for hydroxylation is 1. The van der Waals surface area contributed by atoms with Crippen molar-refractivity contribution in [2.75, 3.05) is 9.38 Å². The van der Waals surface area contributed by atoms with E-state index >= 15 is 0 Å². The number of hydrogen-bond donors (Lipinski definition) is 1. The van der Waals surface area contributed by atoms with Crippen LogP contribution in [0.2, 0.25) is 0 Å². The van der Waals surface area contributed by atoms with Crippen molar-refractivity contribution >= 4 is 31.6 Å². The molecular formula is C6H10BrN3O2S. The molecule has 0 radical (unpaired) electrons. The Bertz CT molecular complexity index is 373.